The van der Waals surface area contributed by atoms with Crippen LogP contribution in [0, 0.1) is 0 Å². The molecule has 0 N–H and O–H groups in total. The predicted octanol–water partition coefficient (Wildman–Crippen LogP) is 2.90. The highest BCUT2D eigenvalue weighted by molar-refractivity contribution is 6.04. The lowest BCUT2D eigenvalue weighted by atomic mass is 9.79. The fraction of sp³-hybridized carbons (Fsp3) is 0.524. The number of benzene rings is 1. The van der Waals surface area contributed by atoms with Crippen molar-refractivity contribution in [3.8, 4) is 5.75 Å². The summed E-state index contributed by atoms with van der Waals surface area (Å²) in [5.41, 5.74) is 0.0306. The van der Waals surface area contributed by atoms with Gasteiger partial charge in [-0.25, -0.2) is 4.79 Å². The number of ether oxygens (including phenoxy) is 5. The molecule has 0 bridgehead atoms. The van der Waals surface area contributed by atoms with E-state index in [1.807, 2.05) is 6.07 Å². The van der Waals surface area contributed by atoms with Crippen molar-refractivity contribution in [3.05, 3.63) is 29.5 Å². The minimum atomic E-state index is -1.39. The molecule has 1 aromatic heterocycles. The number of nitrogens with zero attached hydrogens (tertiary/aromatic N) is 1. The summed E-state index contributed by atoms with van der Waals surface area (Å²) < 4.78 is 29.2. The van der Waals surface area contributed by atoms with E-state index in [1.165, 1.54) is 0 Å². The molecular weight excluding hydrogens is 378 g/mol. The van der Waals surface area contributed by atoms with Crippen molar-refractivity contribution >= 4 is 22.8 Å². The van der Waals surface area contributed by atoms with Gasteiger partial charge in [-0.05, 0) is 45.9 Å². The van der Waals surface area contributed by atoms with Crippen LogP contribution in [-0.2, 0) is 36.2 Å². The number of fused-ring (bicyclic) bond motifs is 1. The van der Waals surface area contributed by atoms with Crippen LogP contribution < -0.4 is 4.74 Å². The van der Waals surface area contributed by atoms with E-state index >= 15 is 0 Å². The van der Waals surface area contributed by atoms with Crippen molar-refractivity contribution in [2.75, 3.05) is 20.3 Å². The lowest BCUT2D eigenvalue weighted by Crippen LogP contribution is -2.56. The van der Waals surface area contributed by atoms with E-state index in [1.54, 1.807) is 58.6 Å². The van der Waals surface area contributed by atoms with Crippen LogP contribution >= 0.6 is 0 Å². The van der Waals surface area contributed by atoms with Gasteiger partial charge in [-0.2, -0.15) is 0 Å². The Kier molecular flexibility index (Phi) is 5.86. The highest BCUT2D eigenvalue weighted by atomic mass is 16.9. The van der Waals surface area contributed by atoms with Crippen LogP contribution in [0.5, 0.6) is 5.75 Å². The fourth-order valence-electron chi connectivity index (χ4n) is 3.74. The molecule has 0 spiro atoms. The lowest BCUT2D eigenvalue weighted by molar-refractivity contribution is -0.392. The third-order valence-electron chi connectivity index (χ3n) is 5.20. The summed E-state index contributed by atoms with van der Waals surface area (Å²) >= 11 is 0. The van der Waals surface area contributed by atoms with Crippen LogP contribution in [0.3, 0.4) is 0 Å². The van der Waals surface area contributed by atoms with E-state index in [2.05, 4.69) is 0 Å². The van der Waals surface area contributed by atoms with Crippen LogP contribution in [0.25, 0.3) is 10.9 Å². The van der Waals surface area contributed by atoms with Crippen molar-refractivity contribution in [1.82, 2.24) is 4.57 Å². The molecule has 1 aliphatic rings. The van der Waals surface area contributed by atoms with E-state index in [-0.39, 0.29) is 18.9 Å². The van der Waals surface area contributed by atoms with Gasteiger partial charge in [-0.15, -0.1) is 0 Å². The molecule has 1 aromatic carbocycles. The maximum Gasteiger partial charge on any atom is 0.355 e. The molecule has 1 saturated heterocycles. The smallest absolute Gasteiger partial charge is 0.355 e. The zero-order chi connectivity index (χ0) is 21.3. The number of rotatable bonds is 7. The number of carbonyl (C=O) groups excluding carboxylic acids is 2. The summed E-state index contributed by atoms with van der Waals surface area (Å²) in [6.45, 7) is 7.24. The van der Waals surface area contributed by atoms with Crippen molar-refractivity contribution in [2.45, 2.75) is 45.7 Å². The number of aryl methyl sites for hydroxylation is 1. The van der Waals surface area contributed by atoms with Crippen LogP contribution in [0.1, 0.15) is 43.7 Å². The summed E-state index contributed by atoms with van der Waals surface area (Å²) in [6.07, 6.45) is -1.36. The van der Waals surface area contributed by atoms with Gasteiger partial charge in [0.2, 0.25) is 0 Å². The minimum absolute atomic E-state index is 0.180. The second-order valence-corrected chi connectivity index (χ2v) is 6.98. The molecule has 1 atom stereocenters. The highest BCUT2D eigenvalue weighted by Crippen LogP contribution is 2.44. The Morgan fingerprint density at radius 1 is 1.17 bits per heavy atom. The number of hydrogen-bond donors (Lipinski definition) is 0. The summed E-state index contributed by atoms with van der Waals surface area (Å²) in [5.74, 6) is -0.490. The molecule has 8 nitrogen and oxygen atoms in total. The molecule has 3 rings (SSSR count). The van der Waals surface area contributed by atoms with Crippen LogP contribution in [0.4, 0.5) is 0 Å². The van der Waals surface area contributed by atoms with Gasteiger partial charge in [0.1, 0.15) is 16.9 Å². The molecule has 2 heterocycles. The Morgan fingerprint density at radius 3 is 2.38 bits per heavy atom. The SMILES string of the molecule is CCOC(=O)c1c(C(C)(C(=O)OCC)C2OC(C)O2)c2cc(OC)ccc2n1C. The van der Waals surface area contributed by atoms with Crippen LogP contribution in [0.2, 0.25) is 0 Å². The molecular formula is C21H27NO7. The Morgan fingerprint density at radius 2 is 1.83 bits per heavy atom. The normalized spacial score (nSPS) is 20.6. The summed E-state index contributed by atoms with van der Waals surface area (Å²) in [4.78, 5) is 26.1. The van der Waals surface area contributed by atoms with Gasteiger partial charge in [0.25, 0.3) is 0 Å². The first-order valence-corrected chi connectivity index (χ1v) is 9.61. The quantitative estimate of drug-likeness (QED) is 0.655. The molecule has 1 aliphatic heterocycles. The number of esters is 2. The van der Waals surface area contributed by atoms with Crippen molar-refractivity contribution in [3.63, 3.8) is 0 Å². The molecule has 29 heavy (non-hydrogen) atoms. The largest absolute Gasteiger partial charge is 0.497 e. The molecule has 0 aliphatic carbocycles. The first-order valence-electron chi connectivity index (χ1n) is 9.61. The summed E-state index contributed by atoms with van der Waals surface area (Å²) in [7, 11) is 3.31. The topological polar surface area (TPSA) is 85.2 Å². The third-order valence-corrected chi connectivity index (χ3v) is 5.20. The predicted molar refractivity (Wildman–Crippen MR) is 105 cm³/mol. The van der Waals surface area contributed by atoms with Gasteiger partial charge >= 0.3 is 11.9 Å². The summed E-state index contributed by atoms with van der Waals surface area (Å²) in [6, 6.07) is 5.41. The standard InChI is InChI=1S/C21H27NO7/c1-7-26-18(23)17-16(14-11-13(25-6)9-10-15(14)22(17)5)21(4,19(24)27-8-2)20-28-12(3)29-20/h9-12,20H,7-8H2,1-6H3. The van der Waals surface area contributed by atoms with Gasteiger partial charge in [-0.1, -0.05) is 0 Å². The first-order chi connectivity index (χ1) is 13.8. The number of carbonyl (C=O) groups is 2. The van der Waals surface area contributed by atoms with Crippen molar-refractivity contribution < 1.29 is 33.3 Å². The fourth-order valence-corrected chi connectivity index (χ4v) is 3.74. The molecule has 1 unspecified atom stereocenters. The Hall–Kier alpha value is -2.58. The molecule has 2 aromatic rings. The number of aromatic nitrogens is 1. The van der Waals surface area contributed by atoms with Gasteiger partial charge in [-0.3, -0.25) is 4.79 Å². The average Bonchev–Trinajstić information content (AvgIpc) is 2.97. The van der Waals surface area contributed by atoms with Gasteiger partial charge < -0.3 is 28.3 Å². The minimum Gasteiger partial charge on any atom is -0.497 e. The second-order valence-electron chi connectivity index (χ2n) is 6.98. The maximum atomic E-state index is 13.2. The van der Waals surface area contributed by atoms with Crippen molar-refractivity contribution in [2.24, 2.45) is 7.05 Å². The highest BCUT2D eigenvalue weighted by Gasteiger charge is 2.55. The molecule has 158 valence electrons. The molecule has 8 heteroatoms. The lowest BCUT2D eigenvalue weighted by Gasteiger charge is -2.44. The molecule has 0 saturated carbocycles. The van der Waals surface area contributed by atoms with Gasteiger partial charge in [0, 0.05) is 23.5 Å². The van der Waals surface area contributed by atoms with E-state index < -0.39 is 29.9 Å². The van der Waals surface area contributed by atoms with Crippen molar-refractivity contribution in [1.29, 1.82) is 0 Å². The Labute approximate surface area is 169 Å². The van der Waals surface area contributed by atoms with E-state index in [4.69, 9.17) is 23.7 Å². The van der Waals surface area contributed by atoms with Gasteiger partial charge in [0.05, 0.1) is 20.3 Å². The van der Waals surface area contributed by atoms with Crippen LogP contribution in [0.15, 0.2) is 18.2 Å². The van der Waals surface area contributed by atoms with Gasteiger partial charge in [0.15, 0.2) is 12.6 Å². The van der Waals surface area contributed by atoms with E-state index in [0.29, 0.717) is 16.7 Å². The zero-order valence-electron chi connectivity index (χ0n) is 17.6. The Bertz CT molecular complexity index is 929. The maximum absolute atomic E-state index is 13.2. The zero-order valence-corrected chi connectivity index (χ0v) is 17.6. The molecule has 0 amide bonds. The second kappa shape index (κ2) is 8.04. The van der Waals surface area contributed by atoms with Crippen LogP contribution in [-0.4, -0.2) is 49.4 Å². The first kappa shape index (κ1) is 21.1. The van der Waals surface area contributed by atoms with E-state index in [9.17, 15) is 9.59 Å². The average molecular weight is 405 g/mol. The third kappa shape index (κ3) is 3.36. The number of methoxy groups -OCH3 is 1. The molecule has 1 fully saturated rings. The Balaban J connectivity index is 2.34. The number of hydrogen-bond acceptors (Lipinski definition) is 7. The monoisotopic (exact) mass is 405 g/mol. The van der Waals surface area contributed by atoms with E-state index in [0.717, 1.165) is 5.52 Å². The molecule has 0 radical (unpaired) electrons. The summed E-state index contributed by atoms with van der Waals surface area (Å²) in [5, 5.41) is 0.664.